The molecule has 7 heteroatoms. The van der Waals surface area contributed by atoms with Gasteiger partial charge in [0.2, 0.25) is 0 Å². The maximum absolute atomic E-state index is 4.32. The summed E-state index contributed by atoms with van der Waals surface area (Å²) in [6.45, 7) is 11.7. The van der Waals surface area contributed by atoms with Gasteiger partial charge in [0.15, 0.2) is 5.96 Å². The van der Waals surface area contributed by atoms with Crippen LogP contribution < -0.4 is 10.6 Å². The quantitative estimate of drug-likeness (QED) is 0.317. The summed E-state index contributed by atoms with van der Waals surface area (Å²) in [6.07, 6.45) is 4.69. The van der Waals surface area contributed by atoms with E-state index in [4.69, 9.17) is 0 Å². The number of aromatic nitrogens is 2. The van der Waals surface area contributed by atoms with E-state index < -0.39 is 0 Å². The standard InChI is InChI=1S/C21H34N6.HI/c1-17(2)26(18(3)4)16-14-24-21(22-5)23-13-11-19-7-9-20(10-8-19)27-15-6-12-25-27;/h6-10,12,15,17-18H,11,13-14,16H2,1-5H3,(H2,22,23,24);1H. The van der Waals surface area contributed by atoms with Crippen molar-refractivity contribution in [3.63, 3.8) is 0 Å². The zero-order chi connectivity index (χ0) is 19.6. The zero-order valence-electron chi connectivity index (χ0n) is 17.7. The molecule has 0 saturated heterocycles. The summed E-state index contributed by atoms with van der Waals surface area (Å²) in [7, 11) is 1.82. The molecule has 6 nitrogen and oxygen atoms in total. The third-order valence-corrected chi connectivity index (χ3v) is 4.62. The van der Waals surface area contributed by atoms with Crippen molar-refractivity contribution in [1.82, 2.24) is 25.3 Å². The normalized spacial score (nSPS) is 11.8. The van der Waals surface area contributed by atoms with Gasteiger partial charge in [-0.15, -0.1) is 24.0 Å². The van der Waals surface area contributed by atoms with Crippen LogP contribution in [0, 0.1) is 0 Å². The average molecular weight is 498 g/mol. The molecule has 0 atom stereocenters. The zero-order valence-corrected chi connectivity index (χ0v) is 20.1. The van der Waals surface area contributed by atoms with Gasteiger partial charge in [0.25, 0.3) is 0 Å². The van der Waals surface area contributed by atoms with Crippen LogP contribution in [0.5, 0.6) is 0 Å². The number of hydrogen-bond donors (Lipinski definition) is 2. The Morgan fingerprint density at radius 1 is 1.07 bits per heavy atom. The molecule has 2 aromatic rings. The fourth-order valence-electron chi connectivity index (χ4n) is 3.20. The molecule has 0 aliphatic carbocycles. The van der Waals surface area contributed by atoms with E-state index in [0.29, 0.717) is 12.1 Å². The molecule has 0 unspecified atom stereocenters. The molecule has 0 spiro atoms. The van der Waals surface area contributed by atoms with Crippen LogP contribution >= 0.6 is 24.0 Å². The van der Waals surface area contributed by atoms with Gasteiger partial charge in [0.1, 0.15) is 0 Å². The predicted octanol–water partition coefficient (Wildman–Crippen LogP) is 3.32. The average Bonchev–Trinajstić information content (AvgIpc) is 3.18. The number of rotatable bonds is 9. The lowest BCUT2D eigenvalue weighted by molar-refractivity contribution is 0.178. The first-order valence-corrected chi connectivity index (χ1v) is 9.80. The third-order valence-electron chi connectivity index (χ3n) is 4.62. The lowest BCUT2D eigenvalue weighted by atomic mass is 10.1. The molecular formula is C21H35IN6. The van der Waals surface area contributed by atoms with E-state index in [1.807, 2.05) is 24.0 Å². The molecule has 0 saturated carbocycles. The van der Waals surface area contributed by atoms with E-state index in [1.54, 1.807) is 6.20 Å². The number of benzene rings is 1. The maximum atomic E-state index is 4.32. The molecule has 28 heavy (non-hydrogen) atoms. The highest BCUT2D eigenvalue weighted by Crippen LogP contribution is 2.08. The largest absolute Gasteiger partial charge is 0.356 e. The molecule has 2 rings (SSSR count). The summed E-state index contributed by atoms with van der Waals surface area (Å²) >= 11 is 0. The molecule has 2 N–H and O–H groups in total. The highest BCUT2D eigenvalue weighted by atomic mass is 127. The molecule has 0 aliphatic rings. The van der Waals surface area contributed by atoms with Gasteiger partial charge >= 0.3 is 0 Å². The topological polar surface area (TPSA) is 57.5 Å². The highest BCUT2D eigenvalue weighted by molar-refractivity contribution is 14.0. The summed E-state index contributed by atoms with van der Waals surface area (Å²) in [5, 5.41) is 11.1. The molecule has 0 bridgehead atoms. The van der Waals surface area contributed by atoms with Crippen LogP contribution in [-0.2, 0) is 6.42 Å². The van der Waals surface area contributed by atoms with Crippen molar-refractivity contribution >= 4 is 29.9 Å². The minimum absolute atomic E-state index is 0. The van der Waals surface area contributed by atoms with Crippen molar-refractivity contribution < 1.29 is 0 Å². The van der Waals surface area contributed by atoms with E-state index in [0.717, 1.165) is 37.7 Å². The van der Waals surface area contributed by atoms with E-state index in [2.05, 4.69) is 77.6 Å². The van der Waals surface area contributed by atoms with Crippen LogP contribution in [0.25, 0.3) is 5.69 Å². The second kappa shape index (κ2) is 12.8. The van der Waals surface area contributed by atoms with E-state index in [-0.39, 0.29) is 24.0 Å². The van der Waals surface area contributed by atoms with E-state index >= 15 is 0 Å². The lowest BCUT2D eigenvalue weighted by Crippen LogP contribution is -2.45. The lowest BCUT2D eigenvalue weighted by Gasteiger charge is -2.30. The smallest absolute Gasteiger partial charge is 0.191 e. The van der Waals surface area contributed by atoms with Crippen molar-refractivity contribution in [3.05, 3.63) is 48.3 Å². The minimum Gasteiger partial charge on any atom is -0.356 e. The highest BCUT2D eigenvalue weighted by Gasteiger charge is 2.12. The molecule has 0 fully saturated rings. The van der Waals surface area contributed by atoms with Gasteiger partial charge in [-0.25, -0.2) is 4.68 Å². The van der Waals surface area contributed by atoms with Gasteiger partial charge < -0.3 is 10.6 Å². The predicted molar refractivity (Wildman–Crippen MR) is 129 cm³/mol. The van der Waals surface area contributed by atoms with Crippen LogP contribution in [0.3, 0.4) is 0 Å². The number of hydrogen-bond acceptors (Lipinski definition) is 3. The minimum atomic E-state index is 0. The first-order valence-electron chi connectivity index (χ1n) is 9.80. The molecule has 0 aliphatic heterocycles. The number of aliphatic imine (C=N–C) groups is 1. The fourth-order valence-corrected chi connectivity index (χ4v) is 3.20. The number of nitrogens with one attached hydrogen (secondary N) is 2. The van der Waals surface area contributed by atoms with Crippen molar-refractivity contribution in [1.29, 1.82) is 0 Å². The SMILES string of the molecule is CN=C(NCCc1ccc(-n2cccn2)cc1)NCCN(C(C)C)C(C)C.I. The van der Waals surface area contributed by atoms with Crippen molar-refractivity contribution in [2.75, 3.05) is 26.7 Å². The molecular weight excluding hydrogens is 463 g/mol. The van der Waals surface area contributed by atoms with E-state index in [9.17, 15) is 0 Å². The van der Waals surface area contributed by atoms with Crippen LogP contribution in [0.4, 0.5) is 0 Å². The fraction of sp³-hybridized carbons (Fsp3) is 0.524. The summed E-state index contributed by atoms with van der Waals surface area (Å²) in [4.78, 5) is 6.79. The van der Waals surface area contributed by atoms with Gasteiger partial charge in [0.05, 0.1) is 5.69 Å². The first kappa shape index (κ1) is 24.4. The van der Waals surface area contributed by atoms with Gasteiger partial charge in [-0.05, 0) is 57.9 Å². The van der Waals surface area contributed by atoms with Crippen LogP contribution in [-0.4, -0.2) is 59.4 Å². The van der Waals surface area contributed by atoms with Crippen LogP contribution in [0.1, 0.15) is 33.3 Å². The van der Waals surface area contributed by atoms with Gasteiger partial charge in [0, 0.05) is 51.2 Å². The Kier molecular flexibility index (Phi) is 11.1. The summed E-state index contributed by atoms with van der Waals surface area (Å²) in [6, 6.07) is 11.5. The summed E-state index contributed by atoms with van der Waals surface area (Å²) in [5.41, 5.74) is 2.37. The second-order valence-electron chi connectivity index (χ2n) is 7.22. The van der Waals surface area contributed by atoms with Crippen LogP contribution in [0.15, 0.2) is 47.7 Å². The third kappa shape index (κ3) is 7.79. The Bertz CT molecular complexity index is 671. The van der Waals surface area contributed by atoms with Gasteiger partial charge in [-0.2, -0.15) is 5.10 Å². The monoisotopic (exact) mass is 498 g/mol. The number of nitrogens with zero attached hydrogens (tertiary/aromatic N) is 4. The summed E-state index contributed by atoms with van der Waals surface area (Å²) in [5.74, 6) is 0.857. The molecule has 1 aromatic carbocycles. The number of guanidine groups is 1. The Balaban J connectivity index is 0.00000392. The Labute approximate surface area is 186 Å². The van der Waals surface area contributed by atoms with Crippen LogP contribution in [0.2, 0.25) is 0 Å². The Morgan fingerprint density at radius 3 is 2.25 bits per heavy atom. The molecule has 1 heterocycles. The van der Waals surface area contributed by atoms with Crippen molar-refractivity contribution in [3.8, 4) is 5.69 Å². The molecule has 1 aromatic heterocycles. The molecule has 156 valence electrons. The maximum Gasteiger partial charge on any atom is 0.191 e. The van der Waals surface area contributed by atoms with Crippen molar-refractivity contribution in [2.24, 2.45) is 4.99 Å². The number of halogens is 1. The molecule has 0 radical (unpaired) electrons. The Hall–Kier alpha value is -1.61. The Morgan fingerprint density at radius 2 is 1.71 bits per heavy atom. The summed E-state index contributed by atoms with van der Waals surface area (Å²) < 4.78 is 1.87. The second-order valence-corrected chi connectivity index (χ2v) is 7.22. The first-order chi connectivity index (χ1) is 13.0. The van der Waals surface area contributed by atoms with E-state index in [1.165, 1.54) is 5.56 Å². The van der Waals surface area contributed by atoms with Crippen molar-refractivity contribution in [2.45, 2.75) is 46.2 Å². The van der Waals surface area contributed by atoms with Gasteiger partial charge in [-0.1, -0.05) is 12.1 Å². The molecule has 0 amide bonds. The van der Waals surface area contributed by atoms with Gasteiger partial charge in [-0.3, -0.25) is 9.89 Å².